The standard InChI is InChI=1S/C19H22N6O2/c1-13(18-22-17(23-27-18)15-6-7-15)21-19(26)24(2)12-14-4-8-16(9-5-14)25-11-3-10-20-25/h3-5,8-11,13,15H,6-7,12H2,1-2H3,(H,21,26). The Kier molecular flexibility index (Phi) is 4.62. The van der Waals surface area contributed by atoms with E-state index in [2.05, 4.69) is 20.6 Å². The second-order valence-corrected chi connectivity index (χ2v) is 6.91. The summed E-state index contributed by atoms with van der Waals surface area (Å²) in [5.41, 5.74) is 2.01. The molecule has 2 aromatic heterocycles. The lowest BCUT2D eigenvalue weighted by atomic mass is 10.2. The van der Waals surface area contributed by atoms with Crippen LogP contribution in [0.2, 0.25) is 0 Å². The molecular weight excluding hydrogens is 344 g/mol. The summed E-state index contributed by atoms with van der Waals surface area (Å²) in [6.07, 6.45) is 5.86. The number of carbonyl (C=O) groups is 1. The zero-order valence-corrected chi connectivity index (χ0v) is 15.4. The second-order valence-electron chi connectivity index (χ2n) is 6.91. The lowest BCUT2D eigenvalue weighted by Crippen LogP contribution is -2.38. The molecule has 0 bridgehead atoms. The number of nitrogens with zero attached hydrogens (tertiary/aromatic N) is 5. The van der Waals surface area contributed by atoms with E-state index in [1.165, 1.54) is 0 Å². The first-order valence-electron chi connectivity index (χ1n) is 9.04. The Morgan fingerprint density at radius 2 is 2.15 bits per heavy atom. The van der Waals surface area contributed by atoms with Gasteiger partial charge in [-0.25, -0.2) is 9.48 Å². The van der Waals surface area contributed by atoms with Crippen molar-refractivity contribution in [3.8, 4) is 5.69 Å². The predicted molar refractivity (Wildman–Crippen MR) is 98.3 cm³/mol. The highest BCUT2D eigenvalue weighted by Gasteiger charge is 2.30. The SMILES string of the molecule is CC(NC(=O)N(C)Cc1ccc(-n2cccn2)cc1)c1nc(C2CC2)no1. The van der Waals surface area contributed by atoms with Crippen LogP contribution in [0.4, 0.5) is 4.79 Å². The number of aromatic nitrogens is 4. The lowest BCUT2D eigenvalue weighted by Gasteiger charge is -2.20. The van der Waals surface area contributed by atoms with E-state index in [0.717, 1.165) is 29.9 Å². The van der Waals surface area contributed by atoms with Crippen LogP contribution >= 0.6 is 0 Å². The largest absolute Gasteiger partial charge is 0.337 e. The van der Waals surface area contributed by atoms with Crippen LogP contribution in [-0.4, -0.2) is 37.9 Å². The van der Waals surface area contributed by atoms with Crippen LogP contribution < -0.4 is 5.32 Å². The maximum atomic E-state index is 12.4. The zero-order chi connectivity index (χ0) is 18.8. The molecule has 2 amide bonds. The van der Waals surface area contributed by atoms with E-state index in [1.807, 2.05) is 43.5 Å². The van der Waals surface area contributed by atoms with Crippen molar-refractivity contribution >= 4 is 6.03 Å². The molecule has 1 aliphatic rings. The number of hydrogen-bond donors (Lipinski definition) is 1. The van der Waals surface area contributed by atoms with Gasteiger partial charge in [0.25, 0.3) is 0 Å². The van der Waals surface area contributed by atoms with E-state index in [4.69, 9.17) is 4.52 Å². The van der Waals surface area contributed by atoms with Crippen LogP contribution in [0.1, 0.15) is 49.0 Å². The molecule has 1 aliphatic carbocycles. The third-order valence-electron chi connectivity index (χ3n) is 4.58. The first-order valence-corrected chi connectivity index (χ1v) is 9.04. The first kappa shape index (κ1) is 17.3. The number of carbonyl (C=O) groups excluding carboxylic acids is 1. The highest BCUT2D eigenvalue weighted by Crippen LogP contribution is 2.38. The summed E-state index contributed by atoms with van der Waals surface area (Å²) in [6, 6.07) is 9.30. The molecule has 8 nitrogen and oxygen atoms in total. The third-order valence-corrected chi connectivity index (χ3v) is 4.58. The molecule has 1 saturated carbocycles. The monoisotopic (exact) mass is 366 g/mol. The summed E-state index contributed by atoms with van der Waals surface area (Å²) in [7, 11) is 1.76. The van der Waals surface area contributed by atoms with Crippen molar-refractivity contribution < 1.29 is 9.32 Å². The summed E-state index contributed by atoms with van der Waals surface area (Å²) in [4.78, 5) is 18.5. The van der Waals surface area contributed by atoms with Crippen molar-refractivity contribution in [3.63, 3.8) is 0 Å². The summed E-state index contributed by atoms with van der Waals surface area (Å²) in [5, 5.41) is 11.1. The fourth-order valence-corrected chi connectivity index (χ4v) is 2.81. The average Bonchev–Trinajstić information content (AvgIpc) is 3.17. The van der Waals surface area contributed by atoms with Gasteiger partial charge in [0.15, 0.2) is 5.82 Å². The smallest absolute Gasteiger partial charge is 0.318 e. The maximum absolute atomic E-state index is 12.4. The molecular formula is C19H22N6O2. The molecule has 0 radical (unpaired) electrons. The van der Waals surface area contributed by atoms with E-state index < -0.39 is 0 Å². The molecule has 4 rings (SSSR count). The van der Waals surface area contributed by atoms with Crippen molar-refractivity contribution in [2.45, 2.75) is 38.3 Å². The Morgan fingerprint density at radius 1 is 1.37 bits per heavy atom. The summed E-state index contributed by atoms with van der Waals surface area (Å²) < 4.78 is 7.07. The van der Waals surface area contributed by atoms with Crippen molar-refractivity contribution in [3.05, 3.63) is 60.0 Å². The van der Waals surface area contributed by atoms with Gasteiger partial charge in [-0.2, -0.15) is 10.1 Å². The van der Waals surface area contributed by atoms with Crippen LogP contribution in [0.25, 0.3) is 5.69 Å². The molecule has 27 heavy (non-hydrogen) atoms. The number of amides is 2. The van der Waals surface area contributed by atoms with Crippen LogP contribution in [0.5, 0.6) is 0 Å². The number of benzene rings is 1. The van der Waals surface area contributed by atoms with Crippen molar-refractivity contribution in [1.29, 1.82) is 0 Å². The normalized spacial score (nSPS) is 14.7. The van der Waals surface area contributed by atoms with E-state index in [0.29, 0.717) is 18.4 Å². The summed E-state index contributed by atoms with van der Waals surface area (Å²) in [6.45, 7) is 2.34. The van der Waals surface area contributed by atoms with Crippen molar-refractivity contribution in [2.75, 3.05) is 7.05 Å². The minimum absolute atomic E-state index is 0.190. The van der Waals surface area contributed by atoms with Crippen LogP contribution in [-0.2, 0) is 6.54 Å². The Morgan fingerprint density at radius 3 is 2.81 bits per heavy atom. The molecule has 1 aromatic carbocycles. The van der Waals surface area contributed by atoms with Crippen molar-refractivity contribution in [2.24, 2.45) is 0 Å². The van der Waals surface area contributed by atoms with Crippen LogP contribution in [0.3, 0.4) is 0 Å². The summed E-state index contributed by atoms with van der Waals surface area (Å²) >= 11 is 0. The van der Waals surface area contributed by atoms with Gasteiger partial charge in [-0.15, -0.1) is 0 Å². The van der Waals surface area contributed by atoms with Gasteiger partial charge in [-0.05, 0) is 43.5 Å². The quantitative estimate of drug-likeness (QED) is 0.724. The van der Waals surface area contributed by atoms with Crippen molar-refractivity contribution in [1.82, 2.24) is 30.1 Å². The fourth-order valence-electron chi connectivity index (χ4n) is 2.81. The molecule has 1 fully saturated rings. The van der Waals surface area contributed by atoms with Gasteiger partial charge in [0.1, 0.15) is 6.04 Å². The van der Waals surface area contributed by atoms with Gasteiger partial charge in [0.2, 0.25) is 5.89 Å². The van der Waals surface area contributed by atoms with Crippen LogP contribution in [0.15, 0.2) is 47.2 Å². The lowest BCUT2D eigenvalue weighted by molar-refractivity contribution is 0.200. The molecule has 2 heterocycles. The summed E-state index contributed by atoms with van der Waals surface area (Å²) in [5.74, 6) is 1.62. The Bertz CT molecular complexity index is 899. The number of urea groups is 1. The Labute approximate surface area is 157 Å². The average molecular weight is 366 g/mol. The number of rotatable bonds is 6. The number of nitrogens with one attached hydrogen (secondary N) is 1. The maximum Gasteiger partial charge on any atom is 0.318 e. The van der Waals surface area contributed by atoms with Crippen LogP contribution in [0, 0.1) is 0 Å². The zero-order valence-electron chi connectivity index (χ0n) is 15.4. The Hall–Kier alpha value is -3.16. The predicted octanol–water partition coefficient (Wildman–Crippen LogP) is 3.04. The highest BCUT2D eigenvalue weighted by atomic mass is 16.5. The molecule has 0 spiro atoms. The van der Waals surface area contributed by atoms with E-state index in [1.54, 1.807) is 22.8 Å². The van der Waals surface area contributed by atoms with Gasteiger partial charge >= 0.3 is 6.03 Å². The molecule has 1 atom stereocenters. The van der Waals surface area contributed by atoms with Gasteiger partial charge in [0.05, 0.1) is 5.69 Å². The minimum atomic E-state index is -0.331. The molecule has 140 valence electrons. The molecule has 1 unspecified atom stereocenters. The van der Waals surface area contributed by atoms with E-state index in [-0.39, 0.29) is 12.1 Å². The molecule has 0 aliphatic heterocycles. The molecule has 3 aromatic rings. The minimum Gasteiger partial charge on any atom is -0.337 e. The number of hydrogen-bond acceptors (Lipinski definition) is 5. The molecule has 8 heteroatoms. The van der Waals surface area contributed by atoms with Gasteiger partial charge < -0.3 is 14.7 Å². The topological polar surface area (TPSA) is 89.1 Å². The fraction of sp³-hybridized carbons (Fsp3) is 0.368. The first-order chi connectivity index (χ1) is 13.1. The van der Waals surface area contributed by atoms with Gasteiger partial charge in [0, 0.05) is 31.9 Å². The van der Waals surface area contributed by atoms with E-state index >= 15 is 0 Å². The van der Waals surface area contributed by atoms with Gasteiger partial charge in [-0.1, -0.05) is 17.3 Å². The highest BCUT2D eigenvalue weighted by molar-refractivity contribution is 5.74. The molecule has 0 saturated heterocycles. The second kappa shape index (κ2) is 7.22. The van der Waals surface area contributed by atoms with Gasteiger partial charge in [-0.3, -0.25) is 0 Å². The molecule has 1 N–H and O–H groups in total. The van der Waals surface area contributed by atoms with E-state index in [9.17, 15) is 4.79 Å². The third kappa shape index (κ3) is 3.99. The Balaban J connectivity index is 1.33.